The SMILES string of the molecule is Cn1cc(C(=O)N2C3C=C(c4ccccc4)CC2CC3)cn1. The third-order valence-electron chi connectivity index (χ3n) is 4.73. The quantitative estimate of drug-likeness (QED) is 0.854. The number of carbonyl (C=O) groups is 1. The van der Waals surface area contributed by atoms with Crippen LogP contribution in [0.4, 0.5) is 0 Å². The summed E-state index contributed by atoms with van der Waals surface area (Å²) in [5.74, 6) is 0.115. The minimum absolute atomic E-state index is 0.115. The Hall–Kier alpha value is -2.36. The lowest BCUT2D eigenvalue weighted by Crippen LogP contribution is -2.42. The van der Waals surface area contributed by atoms with E-state index < -0.39 is 0 Å². The van der Waals surface area contributed by atoms with Crippen LogP contribution in [0, 0.1) is 0 Å². The average molecular weight is 293 g/mol. The highest BCUT2D eigenvalue weighted by atomic mass is 16.2. The monoisotopic (exact) mass is 293 g/mol. The van der Waals surface area contributed by atoms with E-state index in [1.807, 2.05) is 13.1 Å². The molecule has 0 aliphatic carbocycles. The van der Waals surface area contributed by atoms with Crippen molar-refractivity contribution in [2.75, 3.05) is 0 Å². The van der Waals surface area contributed by atoms with Crippen molar-refractivity contribution in [2.45, 2.75) is 31.3 Å². The molecular formula is C18H19N3O. The van der Waals surface area contributed by atoms with Crippen LogP contribution >= 0.6 is 0 Å². The lowest BCUT2D eigenvalue weighted by molar-refractivity contribution is 0.0692. The molecule has 2 aliphatic heterocycles. The maximum atomic E-state index is 12.8. The molecule has 1 aromatic heterocycles. The molecule has 2 aromatic rings. The van der Waals surface area contributed by atoms with Crippen LogP contribution in [-0.2, 0) is 7.05 Å². The zero-order chi connectivity index (χ0) is 15.1. The molecule has 22 heavy (non-hydrogen) atoms. The molecule has 1 saturated heterocycles. The number of carbonyl (C=O) groups excluding carboxylic acids is 1. The van der Waals surface area contributed by atoms with Gasteiger partial charge >= 0.3 is 0 Å². The maximum Gasteiger partial charge on any atom is 0.257 e. The van der Waals surface area contributed by atoms with Crippen molar-refractivity contribution in [3.05, 3.63) is 59.9 Å². The van der Waals surface area contributed by atoms with Gasteiger partial charge in [-0.15, -0.1) is 0 Å². The number of aromatic nitrogens is 2. The minimum atomic E-state index is 0.115. The van der Waals surface area contributed by atoms with Gasteiger partial charge in [0.1, 0.15) is 0 Å². The van der Waals surface area contributed by atoms with E-state index >= 15 is 0 Å². The summed E-state index contributed by atoms with van der Waals surface area (Å²) in [6.45, 7) is 0. The van der Waals surface area contributed by atoms with E-state index in [9.17, 15) is 4.79 Å². The largest absolute Gasteiger partial charge is 0.329 e. The third kappa shape index (κ3) is 2.15. The van der Waals surface area contributed by atoms with Crippen LogP contribution in [0.1, 0.15) is 35.2 Å². The summed E-state index contributed by atoms with van der Waals surface area (Å²) in [6.07, 6.45) is 8.85. The van der Waals surface area contributed by atoms with Gasteiger partial charge in [-0.2, -0.15) is 5.10 Å². The first-order chi connectivity index (χ1) is 10.7. The Morgan fingerprint density at radius 3 is 2.73 bits per heavy atom. The Kier molecular flexibility index (Phi) is 3.10. The fourth-order valence-electron chi connectivity index (χ4n) is 3.69. The van der Waals surface area contributed by atoms with Gasteiger partial charge in [0, 0.05) is 19.3 Å². The molecule has 1 amide bonds. The van der Waals surface area contributed by atoms with Gasteiger partial charge in [-0.3, -0.25) is 9.48 Å². The average Bonchev–Trinajstić information content (AvgIpc) is 3.09. The molecule has 4 nitrogen and oxygen atoms in total. The first-order valence-corrected chi connectivity index (χ1v) is 7.80. The molecule has 0 spiro atoms. The standard InChI is InChI=1S/C18H19N3O/c1-20-12-15(11-19-20)18(22)21-16-7-8-17(21)10-14(9-16)13-5-3-2-4-6-13/h2-6,9,11-12,16-17H,7-8,10H2,1H3. The Bertz CT molecular complexity index is 732. The van der Waals surface area contributed by atoms with Crippen LogP contribution < -0.4 is 0 Å². The van der Waals surface area contributed by atoms with Crippen molar-refractivity contribution in [3.8, 4) is 0 Å². The van der Waals surface area contributed by atoms with E-state index in [1.54, 1.807) is 17.1 Å². The molecule has 2 aliphatic rings. The van der Waals surface area contributed by atoms with Gasteiger partial charge in [-0.1, -0.05) is 36.4 Å². The third-order valence-corrected chi connectivity index (χ3v) is 4.73. The van der Waals surface area contributed by atoms with Crippen molar-refractivity contribution in [3.63, 3.8) is 0 Å². The smallest absolute Gasteiger partial charge is 0.257 e. The normalized spacial score (nSPS) is 23.5. The number of nitrogens with zero attached hydrogens (tertiary/aromatic N) is 3. The van der Waals surface area contributed by atoms with E-state index in [0.717, 1.165) is 19.3 Å². The highest BCUT2D eigenvalue weighted by molar-refractivity contribution is 5.95. The van der Waals surface area contributed by atoms with Gasteiger partial charge in [0.15, 0.2) is 0 Å². The van der Waals surface area contributed by atoms with Gasteiger partial charge in [0.05, 0.1) is 17.8 Å². The number of fused-ring (bicyclic) bond motifs is 2. The highest BCUT2D eigenvalue weighted by Gasteiger charge is 2.40. The van der Waals surface area contributed by atoms with Crippen molar-refractivity contribution in [1.29, 1.82) is 0 Å². The summed E-state index contributed by atoms with van der Waals surface area (Å²) in [4.78, 5) is 14.8. The van der Waals surface area contributed by atoms with Gasteiger partial charge in [0.2, 0.25) is 0 Å². The minimum Gasteiger partial charge on any atom is -0.329 e. The van der Waals surface area contributed by atoms with Crippen molar-refractivity contribution in [2.24, 2.45) is 7.05 Å². The van der Waals surface area contributed by atoms with Crippen LogP contribution in [0.5, 0.6) is 0 Å². The molecular weight excluding hydrogens is 274 g/mol. The van der Waals surface area contributed by atoms with Crippen LogP contribution in [0.2, 0.25) is 0 Å². The summed E-state index contributed by atoms with van der Waals surface area (Å²) in [5, 5.41) is 4.12. The second-order valence-corrected chi connectivity index (χ2v) is 6.18. The van der Waals surface area contributed by atoms with E-state index in [1.165, 1.54) is 11.1 Å². The van der Waals surface area contributed by atoms with E-state index in [4.69, 9.17) is 0 Å². The van der Waals surface area contributed by atoms with Crippen LogP contribution in [0.15, 0.2) is 48.8 Å². The Balaban J connectivity index is 1.63. The first kappa shape index (κ1) is 13.3. The molecule has 0 radical (unpaired) electrons. The van der Waals surface area contributed by atoms with Crippen molar-refractivity contribution in [1.82, 2.24) is 14.7 Å². The van der Waals surface area contributed by atoms with Gasteiger partial charge in [-0.25, -0.2) is 0 Å². The number of rotatable bonds is 2. The van der Waals surface area contributed by atoms with Crippen LogP contribution in [0.25, 0.3) is 5.57 Å². The van der Waals surface area contributed by atoms with Crippen LogP contribution in [0.3, 0.4) is 0 Å². The second-order valence-electron chi connectivity index (χ2n) is 6.18. The van der Waals surface area contributed by atoms with Gasteiger partial charge in [-0.05, 0) is 30.4 Å². The van der Waals surface area contributed by atoms with Crippen molar-refractivity contribution < 1.29 is 4.79 Å². The molecule has 1 aromatic carbocycles. The molecule has 4 rings (SSSR count). The maximum absolute atomic E-state index is 12.8. The lowest BCUT2D eigenvalue weighted by Gasteiger charge is -2.34. The fourth-order valence-corrected chi connectivity index (χ4v) is 3.69. The zero-order valence-corrected chi connectivity index (χ0v) is 12.6. The molecule has 3 heterocycles. The number of hydrogen-bond donors (Lipinski definition) is 0. The molecule has 0 N–H and O–H groups in total. The summed E-state index contributed by atoms with van der Waals surface area (Å²) in [6, 6.07) is 11.0. The van der Waals surface area contributed by atoms with Gasteiger partial charge in [0.25, 0.3) is 5.91 Å². The number of benzene rings is 1. The van der Waals surface area contributed by atoms with Gasteiger partial charge < -0.3 is 4.90 Å². The predicted molar refractivity (Wildman–Crippen MR) is 85.2 cm³/mol. The number of aryl methyl sites for hydroxylation is 1. The second kappa shape index (κ2) is 5.13. The number of hydrogen-bond acceptors (Lipinski definition) is 2. The zero-order valence-electron chi connectivity index (χ0n) is 12.6. The first-order valence-electron chi connectivity index (χ1n) is 7.80. The molecule has 4 heteroatoms. The molecule has 112 valence electrons. The van der Waals surface area contributed by atoms with Crippen molar-refractivity contribution >= 4 is 11.5 Å². The molecule has 2 atom stereocenters. The number of amides is 1. The Labute approximate surface area is 130 Å². The van der Waals surface area contributed by atoms with E-state index in [0.29, 0.717) is 11.6 Å². The molecule has 2 bridgehead atoms. The molecule has 0 saturated carbocycles. The lowest BCUT2D eigenvalue weighted by atomic mass is 9.94. The summed E-state index contributed by atoms with van der Waals surface area (Å²) >= 11 is 0. The van der Waals surface area contributed by atoms with E-state index in [2.05, 4.69) is 40.3 Å². The highest BCUT2D eigenvalue weighted by Crippen LogP contribution is 2.39. The predicted octanol–water partition coefficient (Wildman–Crippen LogP) is 2.88. The summed E-state index contributed by atoms with van der Waals surface area (Å²) in [5.41, 5.74) is 3.35. The summed E-state index contributed by atoms with van der Waals surface area (Å²) in [7, 11) is 1.84. The fraction of sp³-hybridized carbons (Fsp3) is 0.333. The molecule has 1 fully saturated rings. The molecule has 2 unspecified atom stereocenters. The Morgan fingerprint density at radius 2 is 2.05 bits per heavy atom. The van der Waals surface area contributed by atoms with Crippen LogP contribution in [-0.4, -0.2) is 32.7 Å². The Morgan fingerprint density at radius 1 is 1.23 bits per heavy atom. The summed E-state index contributed by atoms with van der Waals surface area (Å²) < 4.78 is 1.68. The topological polar surface area (TPSA) is 38.1 Å². The van der Waals surface area contributed by atoms with E-state index in [-0.39, 0.29) is 11.9 Å².